The first-order valence-electron chi connectivity index (χ1n) is 8.64. The van der Waals surface area contributed by atoms with E-state index >= 15 is 0 Å². The van der Waals surface area contributed by atoms with Crippen molar-refractivity contribution in [1.82, 2.24) is 0 Å². The van der Waals surface area contributed by atoms with Crippen LogP contribution in [0.5, 0.6) is 5.75 Å². The number of carbonyl (C=O) groups excluding carboxylic acids is 1. The minimum Gasteiger partial charge on any atom is -0.496 e. The van der Waals surface area contributed by atoms with E-state index < -0.39 is 0 Å². The second kappa shape index (κ2) is 6.83. The van der Waals surface area contributed by atoms with Gasteiger partial charge >= 0.3 is 5.97 Å². The van der Waals surface area contributed by atoms with E-state index in [1.807, 2.05) is 12.1 Å². The molecule has 3 aromatic carbocycles. The first-order chi connectivity index (χ1) is 12.3. The van der Waals surface area contributed by atoms with Gasteiger partial charge in [0.05, 0.1) is 19.8 Å². The highest BCUT2D eigenvalue weighted by Crippen LogP contribution is 2.36. The zero-order valence-electron chi connectivity index (χ0n) is 15.9. The summed E-state index contributed by atoms with van der Waals surface area (Å²) in [4.78, 5) is 11.6. The summed E-state index contributed by atoms with van der Waals surface area (Å²) in [6.07, 6.45) is 0. The Morgan fingerprint density at radius 2 is 1.46 bits per heavy atom. The highest BCUT2D eigenvalue weighted by atomic mass is 16.5. The fourth-order valence-corrected chi connectivity index (χ4v) is 3.13. The summed E-state index contributed by atoms with van der Waals surface area (Å²) in [5, 5.41) is 2.31. The lowest BCUT2D eigenvalue weighted by molar-refractivity contribution is 0.0601. The Morgan fingerprint density at radius 1 is 0.808 bits per heavy atom. The van der Waals surface area contributed by atoms with Gasteiger partial charge in [0.25, 0.3) is 0 Å². The second-order valence-electron chi connectivity index (χ2n) is 7.43. The molecule has 0 heterocycles. The van der Waals surface area contributed by atoms with Gasteiger partial charge in [-0.15, -0.1) is 0 Å². The molecular weight excluding hydrogens is 324 g/mol. The number of ether oxygens (including phenoxy) is 2. The van der Waals surface area contributed by atoms with Crippen LogP contribution in [0.25, 0.3) is 21.9 Å². The lowest BCUT2D eigenvalue weighted by Gasteiger charge is -2.23. The van der Waals surface area contributed by atoms with Gasteiger partial charge in [-0.3, -0.25) is 0 Å². The van der Waals surface area contributed by atoms with Crippen LogP contribution in [0, 0.1) is 0 Å². The maximum absolute atomic E-state index is 11.6. The third kappa shape index (κ3) is 3.43. The summed E-state index contributed by atoms with van der Waals surface area (Å²) < 4.78 is 10.4. The molecular formula is C23H24O3. The van der Waals surface area contributed by atoms with E-state index in [2.05, 4.69) is 51.1 Å². The molecule has 0 N–H and O–H groups in total. The van der Waals surface area contributed by atoms with Gasteiger partial charge < -0.3 is 9.47 Å². The lowest BCUT2D eigenvalue weighted by atomic mass is 9.84. The monoisotopic (exact) mass is 348 g/mol. The van der Waals surface area contributed by atoms with E-state index in [0.29, 0.717) is 5.56 Å². The molecule has 0 fully saturated rings. The van der Waals surface area contributed by atoms with Gasteiger partial charge in [0.2, 0.25) is 0 Å². The number of hydrogen-bond donors (Lipinski definition) is 0. The van der Waals surface area contributed by atoms with Crippen LogP contribution >= 0.6 is 0 Å². The quantitative estimate of drug-likeness (QED) is 0.578. The number of esters is 1. The zero-order chi connectivity index (χ0) is 18.9. The highest BCUT2D eigenvalue weighted by Gasteiger charge is 2.19. The molecule has 0 aromatic heterocycles. The summed E-state index contributed by atoms with van der Waals surface area (Å²) in [5.74, 6) is 0.595. The topological polar surface area (TPSA) is 35.5 Å². The van der Waals surface area contributed by atoms with Crippen LogP contribution in [0.2, 0.25) is 0 Å². The number of hydrogen-bond acceptors (Lipinski definition) is 3. The van der Waals surface area contributed by atoms with E-state index in [4.69, 9.17) is 9.47 Å². The van der Waals surface area contributed by atoms with Crippen molar-refractivity contribution in [2.45, 2.75) is 26.2 Å². The minimum atomic E-state index is -0.322. The Labute approximate surface area is 154 Å². The molecule has 3 nitrogen and oxygen atoms in total. The highest BCUT2D eigenvalue weighted by molar-refractivity contribution is 5.91. The molecule has 0 unspecified atom stereocenters. The predicted octanol–water partition coefficient (Wildman–Crippen LogP) is 5.60. The molecule has 0 saturated carbocycles. The molecule has 134 valence electrons. The lowest BCUT2D eigenvalue weighted by Crippen LogP contribution is -2.12. The number of benzene rings is 3. The van der Waals surface area contributed by atoms with Crippen LogP contribution in [0.1, 0.15) is 36.7 Å². The average Bonchev–Trinajstić information content (AvgIpc) is 2.65. The third-order valence-corrected chi connectivity index (χ3v) is 4.61. The minimum absolute atomic E-state index is 0.00228. The fourth-order valence-electron chi connectivity index (χ4n) is 3.13. The van der Waals surface area contributed by atoms with Crippen molar-refractivity contribution in [2.75, 3.05) is 14.2 Å². The third-order valence-electron chi connectivity index (χ3n) is 4.61. The summed E-state index contributed by atoms with van der Waals surface area (Å²) in [7, 11) is 3.11. The van der Waals surface area contributed by atoms with Crippen LogP contribution < -0.4 is 4.74 Å². The van der Waals surface area contributed by atoms with Crippen molar-refractivity contribution in [1.29, 1.82) is 0 Å². The molecule has 0 radical (unpaired) electrons. The van der Waals surface area contributed by atoms with Crippen LogP contribution in [-0.2, 0) is 10.2 Å². The SMILES string of the molecule is COC(=O)c1ccc(-c2ccc3cc(OC)c(C(C)(C)C)cc3c2)cc1. The van der Waals surface area contributed by atoms with Crippen molar-refractivity contribution >= 4 is 16.7 Å². The van der Waals surface area contributed by atoms with E-state index in [1.165, 1.54) is 18.1 Å². The van der Waals surface area contributed by atoms with Gasteiger partial charge in [-0.05, 0) is 57.6 Å². The predicted molar refractivity (Wildman–Crippen MR) is 106 cm³/mol. The van der Waals surface area contributed by atoms with E-state index in [0.717, 1.165) is 22.3 Å². The number of fused-ring (bicyclic) bond motifs is 1. The molecule has 3 heteroatoms. The Hall–Kier alpha value is -2.81. The summed E-state index contributed by atoms with van der Waals surface area (Å²) in [6, 6.07) is 18.2. The summed E-state index contributed by atoms with van der Waals surface area (Å²) >= 11 is 0. The van der Waals surface area contributed by atoms with Crippen LogP contribution in [-0.4, -0.2) is 20.2 Å². The van der Waals surface area contributed by atoms with Gasteiger partial charge in [0.1, 0.15) is 5.75 Å². The van der Waals surface area contributed by atoms with Crippen LogP contribution in [0.3, 0.4) is 0 Å². The van der Waals surface area contributed by atoms with Crippen molar-refractivity contribution in [3.05, 3.63) is 65.7 Å². The smallest absolute Gasteiger partial charge is 0.337 e. The first-order valence-corrected chi connectivity index (χ1v) is 8.64. The molecule has 0 atom stereocenters. The standard InChI is InChI=1S/C23H24O3/c1-23(2,3)20-13-19-12-17(10-11-18(19)14-21(20)25-4)15-6-8-16(9-7-15)22(24)26-5/h6-14H,1-5H3. The molecule has 0 bridgehead atoms. The van der Waals surface area contributed by atoms with Crippen molar-refractivity contribution in [3.63, 3.8) is 0 Å². The second-order valence-corrected chi connectivity index (χ2v) is 7.43. The van der Waals surface area contributed by atoms with Crippen LogP contribution in [0.4, 0.5) is 0 Å². The molecule has 26 heavy (non-hydrogen) atoms. The van der Waals surface area contributed by atoms with Gasteiger partial charge in [-0.25, -0.2) is 4.79 Å². The zero-order valence-corrected chi connectivity index (χ0v) is 15.9. The van der Waals surface area contributed by atoms with Gasteiger partial charge in [0.15, 0.2) is 0 Å². The van der Waals surface area contributed by atoms with E-state index in [1.54, 1.807) is 19.2 Å². The maximum atomic E-state index is 11.6. The molecule has 0 aliphatic rings. The summed E-state index contributed by atoms with van der Waals surface area (Å²) in [6.45, 7) is 6.56. The number of carbonyl (C=O) groups is 1. The first kappa shape index (κ1) is 18.0. The molecule has 0 aliphatic heterocycles. The van der Waals surface area contributed by atoms with Gasteiger partial charge in [-0.2, -0.15) is 0 Å². The molecule has 0 amide bonds. The molecule has 0 spiro atoms. The largest absolute Gasteiger partial charge is 0.496 e. The van der Waals surface area contributed by atoms with Crippen LogP contribution in [0.15, 0.2) is 54.6 Å². The van der Waals surface area contributed by atoms with Crippen molar-refractivity contribution in [3.8, 4) is 16.9 Å². The molecule has 3 rings (SSSR count). The maximum Gasteiger partial charge on any atom is 0.337 e. The fraction of sp³-hybridized carbons (Fsp3) is 0.261. The number of rotatable bonds is 3. The van der Waals surface area contributed by atoms with E-state index in [9.17, 15) is 4.79 Å². The number of methoxy groups -OCH3 is 2. The van der Waals surface area contributed by atoms with Gasteiger partial charge in [-0.1, -0.05) is 45.0 Å². The Kier molecular flexibility index (Phi) is 4.73. The molecule has 0 saturated heterocycles. The Balaban J connectivity index is 2.07. The average molecular weight is 348 g/mol. The normalized spacial score (nSPS) is 11.4. The van der Waals surface area contributed by atoms with Crippen molar-refractivity contribution in [2.24, 2.45) is 0 Å². The Morgan fingerprint density at radius 3 is 2.04 bits per heavy atom. The molecule has 0 aliphatic carbocycles. The Bertz CT molecular complexity index is 948. The van der Waals surface area contributed by atoms with E-state index in [-0.39, 0.29) is 11.4 Å². The van der Waals surface area contributed by atoms with Crippen molar-refractivity contribution < 1.29 is 14.3 Å². The summed E-state index contributed by atoms with van der Waals surface area (Å²) in [5.41, 5.74) is 3.91. The van der Waals surface area contributed by atoms with Gasteiger partial charge in [0, 0.05) is 5.56 Å². The molecule has 3 aromatic rings.